The van der Waals surface area contributed by atoms with Crippen molar-refractivity contribution in [2.75, 3.05) is 27.9 Å². The second-order valence-corrected chi connectivity index (χ2v) is 5.97. The molecule has 0 saturated heterocycles. The largest absolute Gasteiger partial charge is 0.497 e. The Hall–Kier alpha value is -2.50. The molecule has 0 aromatic heterocycles. The van der Waals surface area contributed by atoms with E-state index in [2.05, 4.69) is 6.08 Å². The second kappa shape index (κ2) is 9.11. The van der Waals surface area contributed by atoms with E-state index in [0.717, 1.165) is 18.4 Å². The molecule has 1 aromatic rings. The van der Waals surface area contributed by atoms with Gasteiger partial charge in [0.1, 0.15) is 18.0 Å². The maximum Gasteiger partial charge on any atom is 0.325 e. The maximum absolute atomic E-state index is 12.9. The number of methoxy groups -OCH3 is 3. The quantitative estimate of drug-likeness (QED) is 0.560. The van der Waals surface area contributed by atoms with Crippen molar-refractivity contribution in [3.05, 3.63) is 35.9 Å². The zero-order chi connectivity index (χ0) is 18.2. The van der Waals surface area contributed by atoms with Crippen molar-refractivity contribution in [1.82, 2.24) is 4.90 Å². The summed E-state index contributed by atoms with van der Waals surface area (Å²) in [4.78, 5) is 26.2. The van der Waals surface area contributed by atoms with Gasteiger partial charge in [0.05, 0.1) is 21.3 Å². The third-order valence-corrected chi connectivity index (χ3v) is 4.26. The Morgan fingerprint density at radius 2 is 1.76 bits per heavy atom. The fraction of sp³-hybridized carbons (Fsp3) is 0.474. The molecule has 0 radical (unpaired) electrons. The van der Waals surface area contributed by atoms with Crippen molar-refractivity contribution in [1.29, 1.82) is 0 Å². The Balaban J connectivity index is 2.21. The summed E-state index contributed by atoms with van der Waals surface area (Å²) in [6.07, 6.45) is 6.50. The molecule has 25 heavy (non-hydrogen) atoms. The van der Waals surface area contributed by atoms with E-state index < -0.39 is 5.97 Å². The lowest BCUT2D eigenvalue weighted by Gasteiger charge is -2.27. The molecule has 6 nitrogen and oxygen atoms in total. The number of carbonyl (C=O) groups is 2. The number of allylic oxidation sites excluding steroid dienone is 2. The van der Waals surface area contributed by atoms with Crippen LogP contribution in [0.25, 0.3) is 0 Å². The standard InChI is InChI=1S/C19H25NO5/c1-23-16-9-14(10-17(11-16)24-2)12-20(13-18(21)25-3)19(22)15-7-5-4-6-8-15/h4-5,9-11,15H,6-8,12-13H2,1-3H3/t15-/m1/s1. The molecular weight excluding hydrogens is 322 g/mol. The van der Waals surface area contributed by atoms with Crippen LogP contribution in [0.3, 0.4) is 0 Å². The average Bonchev–Trinajstić information content (AvgIpc) is 2.66. The number of carbonyl (C=O) groups excluding carboxylic acids is 2. The van der Waals surface area contributed by atoms with E-state index in [1.54, 1.807) is 25.2 Å². The Morgan fingerprint density at radius 1 is 1.08 bits per heavy atom. The maximum atomic E-state index is 12.9. The van der Waals surface area contributed by atoms with Gasteiger partial charge in [-0.3, -0.25) is 9.59 Å². The van der Waals surface area contributed by atoms with Gasteiger partial charge in [0, 0.05) is 18.5 Å². The SMILES string of the molecule is COC(=O)CN(Cc1cc(OC)cc(OC)c1)C(=O)[C@@H]1CC=CCC1. The number of benzene rings is 1. The first-order valence-corrected chi connectivity index (χ1v) is 8.30. The first kappa shape index (κ1) is 18.8. The highest BCUT2D eigenvalue weighted by atomic mass is 16.5. The molecule has 1 aliphatic carbocycles. The zero-order valence-corrected chi connectivity index (χ0v) is 15.0. The normalized spacial score (nSPS) is 16.2. The number of ether oxygens (including phenoxy) is 3. The molecule has 1 aliphatic rings. The van der Waals surface area contributed by atoms with Crippen LogP contribution in [0.1, 0.15) is 24.8 Å². The van der Waals surface area contributed by atoms with Crippen LogP contribution in [-0.2, 0) is 20.9 Å². The zero-order valence-electron chi connectivity index (χ0n) is 15.0. The van der Waals surface area contributed by atoms with Crippen molar-refractivity contribution in [3.63, 3.8) is 0 Å². The number of esters is 1. The van der Waals surface area contributed by atoms with Crippen LogP contribution in [0.15, 0.2) is 30.4 Å². The van der Waals surface area contributed by atoms with Crippen LogP contribution in [0, 0.1) is 5.92 Å². The topological polar surface area (TPSA) is 65.1 Å². The van der Waals surface area contributed by atoms with Crippen molar-refractivity contribution in [2.45, 2.75) is 25.8 Å². The molecule has 0 fully saturated rings. The van der Waals surface area contributed by atoms with Crippen molar-refractivity contribution in [3.8, 4) is 11.5 Å². The molecule has 0 saturated carbocycles. The molecule has 1 amide bonds. The molecule has 2 rings (SSSR count). The first-order chi connectivity index (χ1) is 12.1. The highest BCUT2D eigenvalue weighted by Crippen LogP contribution is 2.25. The lowest BCUT2D eigenvalue weighted by molar-refractivity contribution is -0.149. The van der Waals surface area contributed by atoms with Crippen LogP contribution in [0.2, 0.25) is 0 Å². The number of hydrogen-bond donors (Lipinski definition) is 0. The predicted molar refractivity (Wildman–Crippen MR) is 93.5 cm³/mol. The summed E-state index contributed by atoms with van der Waals surface area (Å²) >= 11 is 0. The van der Waals surface area contributed by atoms with E-state index in [1.165, 1.54) is 7.11 Å². The average molecular weight is 347 g/mol. The lowest BCUT2D eigenvalue weighted by Crippen LogP contribution is -2.39. The van der Waals surface area contributed by atoms with E-state index >= 15 is 0 Å². The van der Waals surface area contributed by atoms with Gasteiger partial charge in [-0.15, -0.1) is 0 Å². The van der Waals surface area contributed by atoms with E-state index in [1.807, 2.05) is 18.2 Å². The lowest BCUT2D eigenvalue weighted by atomic mass is 9.93. The van der Waals surface area contributed by atoms with Crippen LogP contribution in [0.4, 0.5) is 0 Å². The highest BCUT2D eigenvalue weighted by Gasteiger charge is 2.26. The molecule has 1 atom stereocenters. The summed E-state index contributed by atoms with van der Waals surface area (Å²) in [5, 5.41) is 0. The molecule has 0 aliphatic heterocycles. The van der Waals surface area contributed by atoms with E-state index in [-0.39, 0.29) is 18.4 Å². The Kier molecular flexibility index (Phi) is 6.86. The van der Waals surface area contributed by atoms with Gasteiger partial charge in [-0.05, 0) is 37.0 Å². The van der Waals surface area contributed by atoms with Crippen LogP contribution < -0.4 is 9.47 Å². The van der Waals surface area contributed by atoms with Gasteiger partial charge >= 0.3 is 5.97 Å². The molecule has 6 heteroatoms. The number of nitrogens with zero attached hydrogens (tertiary/aromatic N) is 1. The molecule has 136 valence electrons. The molecule has 1 aromatic carbocycles. The number of amides is 1. The molecule has 0 bridgehead atoms. The van der Waals surface area contributed by atoms with Gasteiger partial charge in [-0.2, -0.15) is 0 Å². The third kappa shape index (κ3) is 5.24. The van der Waals surface area contributed by atoms with Crippen molar-refractivity contribution in [2.24, 2.45) is 5.92 Å². The minimum absolute atomic E-state index is 0.0310. The van der Waals surface area contributed by atoms with Crippen LogP contribution in [-0.4, -0.2) is 44.7 Å². The first-order valence-electron chi connectivity index (χ1n) is 8.30. The molecule has 0 unspecified atom stereocenters. The summed E-state index contributed by atoms with van der Waals surface area (Å²) in [5.41, 5.74) is 0.833. The predicted octanol–water partition coefficient (Wildman–Crippen LogP) is 2.56. The van der Waals surface area contributed by atoms with Crippen molar-refractivity contribution < 1.29 is 23.8 Å². The monoisotopic (exact) mass is 347 g/mol. The Bertz CT molecular complexity index is 618. The van der Waals surface area contributed by atoms with E-state index in [4.69, 9.17) is 14.2 Å². The summed E-state index contributed by atoms with van der Waals surface area (Å²) in [5.74, 6) is 0.717. The second-order valence-electron chi connectivity index (χ2n) is 5.97. The van der Waals surface area contributed by atoms with Crippen molar-refractivity contribution >= 4 is 11.9 Å². The van der Waals surface area contributed by atoms with Gasteiger partial charge < -0.3 is 19.1 Å². The van der Waals surface area contributed by atoms with Gasteiger partial charge in [0.2, 0.25) is 5.91 Å². The number of rotatable bonds is 7. The summed E-state index contributed by atoms with van der Waals surface area (Å²) in [6.45, 7) is 0.219. The fourth-order valence-corrected chi connectivity index (χ4v) is 2.89. The molecular formula is C19H25NO5. The van der Waals surface area contributed by atoms with Gasteiger partial charge in [-0.1, -0.05) is 12.2 Å². The molecule has 0 heterocycles. The van der Waals surface area contributed by atoms with Gasteiger partial charge in [0.25, 0.3) is 0 Å². The van der Waals surface area contributed by atoms with E-state index in [0.29, 0.717) is 24.5 Å². The summed E-state index contributed by atoms with van der Waals surface area (Å²) < 4.78 is 15.3. The Labute approximate surface area is 148 Å². The third-order valence-electron chi connectivity index (χ3n) is 4.26. The number of hydrogen-bond acceptors (Lipinski definition) is 5. The summed E-state index contributed by atoms with van der Waals surface area (Å²) in [7, 11) is 4.47. The molecule has 0 N–H and O–H groups in total. The smallest absolute Gasteiger partial charge is 0.325 e. The Morgan fingerprint density at radius 3 is 2.28 bits per heavy atom. The van der Waals surface area contributed by atoms with Crippen LogP contribution >= 0.6 is 0 Å². The minimum Gasteiger partial charge on any atom is -0.497 e. The van der Waals surface area contributed by atoms with Gasteiger partial charge in [-0.25, -0.2) is 0 Å². The fourth-order valence-electron chi connectivity index (χ4n) is 2.89. The van der Waals surface area contributed by atoms with E-state index in [9.17, 15) is 9.59 Å². The van der Waals surface area contributed by atoms with Crippen LogP contribution in [0.5, 0.6) is 11.5 Å². The minimum atomic E-state index is -0.436. The molecule has 0 spiro atoms. The van der Waals surface area contributed by atoms with Gasteiger partial charge in [0.15, 0.2) is 0 Å². The highest BCUT2D eigenvalue weighted by molar-refractivity contribution is 5.84. The summed E-state index contributed by atoms with van der Waals surface area (Å²) in [6, 6.07) is 5.43.